The Morgan fingerprint density at radius 2 is 1.75 bits per heavy atom. The third-order valence-corrected chi connectivity index (χ3v) is 2.79. The Bertz CT molecular complexity index is 95.1. The standard InChI is InChI=1S/C6H10Si.Li/c1-7-6-4-2-3-5-6;/h2-6H,7H2,1H3;. The molecule has 0 saturated heterocycles. The topological polar surface area (TPSA) is 0 Å². The first-order valence-electron chi connectivity index (χ1n) is 2.78. The molecule has 0 aromatic heterocycles. The van der Waals surface area contributed by atoms with Gasteiger partial charge in [0.2, 0.25) is 0 Å². The van der Waals surface area contributed by atoms with Crippen molar-refractivity contribution in [2.75, 3.05) is 0 Å². The molecule has 8 heavy (non-hydrogen) atoms. The molecule has 1 aliphatic carbocycles. The first kappa shape index (κ1) is 8.29. The average molecular weight is 117 g/mol. The van der Waals surface area contributed by atoms with E-state index in [1.807, 2.05) is 0 Å². The summed E-state index contributed by atoms with van der Waals surface area (Å²) in [5.74, 6) is 0. The maximum absolute atomic E-state index is 2.34. The normalized spacial score (nSPS) is 18.1. The molecule has 0 bridgehead atoms. The first-order chi connectivity index (χ1) is 3.43. The van der Waals surface area contributed by atoms with Crippen molar-refractivity contribution < 1.29 is 0 Å². The van der Waals surface area contributed by atoms with Gasteiger partial charge in [0.25, 0.3) is 0 Å². The van der Waals surface area contributed by atoms with E-state index in [9.17, 15) is 0 Å². The molecule has 1 radical (unpaired) electrons. The fourth-order valence-corrected chi connectivity index (χ4v) is 1.61. The Labute approximate surface area is 65.1 Å². The van der Waals surface area contributed by atoms with E-state index in [1.165, 1.54) is 0 Å². The van der Waals surface area contributed by atoms with Crippen molar-refractivity contribution in [3.05, 3.63) is 24.3 Å². The zero-order valence-electron chi connectivity index (χ0n) is 5.59. The number of allylic oxidation sites excluding steroid dienone is 4. The summed E-state index contributed by atoms with van der Waals surface area (Å²) in [5.41, 5.74) is 0.875. The molecule has 0 amide bonds. The Balaban J connectivity index is 0.000000490. The summed E-state index contributed by atoms with van der Waals surface area (Å²) < 4.78 is 0. The molecule has 0 spiro atoms. The molecule has 0 nitrogen and oxygen atoms in total. The monoisotopic (exact) mass is 117 g/mol. The fourth-order valence-electron chi connectivity index (χ4n) is 0.750. The molecule has 0 fully saturated rings. The van der Waals surface area contributed by atoms with E-state index in [1.54, 1.807) is 0 Å². The molecule has 0 aromatic carbocycles. The van der Waals surface area contributed by atoms with E-state index in [0.29, 0.717) is 0 Å². The smallest absolute Gasteiger partial charge is 0.0296 e. The Morgan fingerprint density at radius 3 is 2.00 bits per heavy atom. The van der Waals surface area contributed by atoms with Crippen LogP contribution < -0.4 is 0 Å². The van der Waals surface area contributed by atoms with Gasteiger partial charge in [-0.3, -0.25) is 0 Å². The summed E-state index contributed by atoms with van der Waals surface area (Å²) in [5, 5.41) is 0. The van der Waals surface area contributed by atoms with E-state index in [2.05, 4.69) is 30.9 Å². The largest absolute Gasteiger partial charge is 0.0810 e. The second-order valence-corrected chi connectivity index (χ2v) is 3.60. The van der Waals surface area contributed by atoms with Gasteiger partial charge in [0, 0.05) is 28.4 Å². The van der Waals surface area contributed by atoms with Gasteiger partial charge in [-0.25, -0.2) is 0 Å². The molecule has 0 N–H and O–H groups in total. The van der Waals surface area contributed by atoms with E-state index in [0.717, 1.165) is 5.54 Å². The summed E-state index contributed by atoms with van der Waals surface area (Å²) in [6, 6.07) is 0. The van der Waals surface area contributed by atoms with Crippen molar-refractivity contribution in [2.45, 2.75) is 12.1 Å². The molecule has 0 atom stereocenters. The van der Waals surface area contributed by atoms with Gasteiger partial charge in [-0.2, -0.15) is 0 Å². The summed E-state index contributed by atoms with van der Waals surface area (Å²) >= 11 is 0. The van der Waals surface area contributed by atoms with Crippen LogP contribution in [0.1, 0.15) is 0 Å². The van der Waals surface area contributed by atoms with E-state index >= 15 is 0 Å². The second-order valence-electron chi connectivity index (χ2n) is 1.84. The van der Waals surface area contributed by atoms with Crippen molar-refractivity contribution >= 4 is 28.4 Å². The molecule has 39 valence electrons. The summed E-state index contributed by atoms with van der Waals surface area (Å²) in [6.45, 7) is 2.34. The van der Waals surface area contributed by atoms with Crippen LogP contribution in [0.15, 0.2) is 24.3 Å². The Kier molecular flexibility index (Phi) is 4.36. The quantitative estimate of drug-likeness (QED) is 0.444. The number of rotatable bonds is 1. The minimum Gasteiger partial charge on any atom is -0.0810 e. The van der Waals surface area contributed by atoms with Crippen LogP contribution in [-0.2, 0) is 0 Å². The van der Waals surface area contributed by atoms with Crippen LogP contribution in [0.3, 0.4) is 0 Å². The number of hydrogen-bond donors (Lipinski definition) is 0. The number of hydrogen-bond acceptors (Lipinski definition) is 0. The van der Waals surface area contributed by atoms with Crippen LogP contribution in [-0.4, -0.2) is 28.4 Å². The van der Waals surface area contributed by atoms with Gasteiger partial charge < -0.3 is 0 Å². The molecule has 0 heterocycles. The van der Waals surface area contributed by atoms with Gasteiger partial charge in [0.1, 0.15) is 0 Å². The van der Waals surface area contributed by atoms with Gasteiger partial charge in [-0.05, 0) is 5.54 Å². The molecular formula is C6H10LiSi. The minimum absolute atomic E-state index is 0. The summed E-state index contributed by atoms with van der Waals surface area (Å²) in [4.78, 5) is 0. The predicted octanol–water partition coefficient (Wildman–Crippen LogP) is 0.737. The van der Waals surface area contributed by atoms with Gasteiger partial charge in [0.15, 0.2) is 0 Å². The average Bonchev–Trinajstić information content (AvgIpc) is 2.14. The molecule has 1 aliphatic rings. The van der Waals surface area contributed by atoms with E-state index in [-0.39, 0.29) is 28.4 Å². The van der Waals surface area contributed by atoms with E-state index < -0.39 is 0 Å². The van der Waals surface area contributed by atoms with Gasteiger partial charge >= 0.3 is 0 Å². The van der Waals surface area contributed by atoms with Crippen molar-refractivity contribution in [2.24, 2.45) is 0 Å². The maximum atomic E-state index is 2.34. The van der Waals surface area contributed by atoms with E-state index in [4.69, 9.17) is 0 Å². The molecule has 2 heteroatoms. The van der Waals surface area contributed by atoms with Crippen molar-refractivity contribution in [1.29, 1.82) is 0 Å². The van der Waals surface area contributed by atoms with Crippen LogP contribution in [0.25, 0.3) is 0 Å². The van der Waals surface area contributed by atoms with Crippen molar-refractivity contribution in [1.82, 2.24) is 0 Å². The molecule has 1 rings (SSSR count). The van der Waals surface area contributed by atoms with Crippen molar-refractivity contribution in [3.63, 3.8) is 0 Å². The first-order valence-corrected chi connectivity index (χ1v) is 5.01. The molecule has 0 saturated carbocycles. The molecule has 0 unspecified atom stereocenters. The van der Waals surface area contributed by atoms with Crippen LogP contribution in [0.2, 0.25) is 12.1 Å². The van der Waals surface area contributed by atoms with Gasteiger partial charge in [-0.15, -0.1) is 0 Å². The molecular weight excluding hydrogens is 107 g/mol. The van der Waals surface area contributed by atoms with Gasteiger partial charge in [0.05, 0.1) is 0 Å². The molecule has 0 aliphatic heterocycles. The zero-order chi connectivity index (χ0) is 5.11. The summed E-state index contributed by atoms with van der Waals surface area (Å²) in [6.07, 6.45) is 8.85. The molecule has 0 aromatic rings. The third kappa shape index (κ3) is 2.04. The SMILES string of the molecule is C[SiH2]C1C=CC=C1.[Li]. The van der Waals surface area contributed by atoms with Crippen LogP contribution >= 0.6 is 0 Å². The van der Waals surface area contributed by atoms with Crippen molar-refractivity contribution in [3.8, 4) is 0 Å². The fraction of sp³-hybridized carbons (Fsp3) is 0.333. The Hall–Kier alpha value is 0.294. The third-order valence-electron chi connectivity index (χ3n) is 1.30. The van der Waals surface area contributed by atoms with Crippen LogP contribution in [0, 0.1) is 0 Å². The van der Waals surface area contributed by atoms with Crippen LogP contribution in [0.4, 0.5) is 0 Å². The van der Waals surface area contributed by atoms with Crippen LogP contribution in [0.5, 0.6) is 0 Å². The zero-order valence-corrected chi connectivity index (χ0v) is 7.01. The minimum atomic E-state index is 0. The van der Waals surface area contributed by atoms with Gasteiger partial charge in [-0.1, -0.05) is 30.9 Å². The summed E-state index contributed by atoms with van der Waals surface area (Å²) in [7, 11) is 0.217. The Morgan fingerprint density at radius 1 is 1.25 bits per heavy atom. The maximum Gasteiger partial charge on any atom is 0.0296 e. The predicted molar refractivity (Wildman–Crippen MR) is 42.2 cm³/mol. The second kappa shape index (κ2) is 4.20.